The molecule has 21 heavy (non-hydrogen) atoms. The van der Waals surface area contributed by atoms with Crippen LogP contribution in [-0.2, 0) is 13.1 Å². The number of hydrogen-bond donors (Lipinski definition) is 1. The first-order valence-electron chi connectivity index (χ1n) is 6.96. The molecule has 0 unspecified atom stereocenters. The van der Waals surface area contributed by atoms with Crippen LogP contribution in [0.3, 0.4) is 0 Å². The zero-order valence-electron chi connectivity index (χ0n) is 12.2. The summed E-state index contributed by atoms with van der Waals surface area (Å²) < 4.78 is 7.46. The fourth-order valence-corrected chi connectivity index (χ4v) is 2.51. The van der Waals surface area contributed by atoms with Crippen LogP contribution in [0.5, 0.6) is 5.75 Å². The fraction of sp³-hybridized carbons (Fsp3) is 0.250. The van der Waals surface area contributed by atoms with E-state index in [4.69, 9.17) is 15.5 Å². The Hall–Kier alpha value is -2.40. The number of ether oxygens (including phenoxy) is 1. The summed E-state index contributed by atoms with van der Waals surface area (Å²) in [5.74, 6) is 1.74. The molecule has 2 heterocycles. The second kappa shape index (κ2) is 5.54. The highest BCUT2D eigenvalue weighted by atomic mass is 16.5. The molecule has 0 fully saturated rings. The van der Waals surface area contributed by atoms with Crippen LogP contribution >= 0.6 is 0 Å². The highest BCUT2D eigenvalue weighted by molar-refractivity contribution is 5.82. The van der Waals surface area contributed by atoms with Crippen LogP contribution in [-0.4, -0.2) is 21.6 Å². The lowest BCUT2D eigenvalue weighted by molar-refractivity contribution is 0.415. The molecule has 0 bridgehead atoms. The molecule has 1 aromatic carbocycles. The highest BCUT2D eigenvalue weighted by Gasteiger charge is 2.12. The van der Waals surface area contributed by atoms with E-state index in [0.717, 1.165) is 40.4 Å². The van der Waals surface area contributed by atoms with E-state index in [1.165, 1.54) is 0 Å². The first kappa shape index (κ1) is 13.6. The summed E-state index contributed by atoms with van der Waals surface area (Å²) in [7, 11) is 1.66. The molecule has 0 atom stereocenters. The van der Waals surface area contributed by atoms with Gasteiger partial charge in [-0.05, 0) is 31.2 Å². The molecule has 5 heteroatoms. The zero-order valence-corrected chi connectivity index (χ0v) is 12.2. The molecule has 5 nitrogen and oxygen atoms in total. The van der Waals surface area contributed by atoms with Crippen molar-refractivity contribution in [1.29, 1.82) is 0 Å². The highest BCUT2D eigenvalue weighted by Crippen LogP contribution is 2.27. The zero-order chi connectivity index (χ0) is 14.8. The van der Waals surface area contributed by atoms with Gasteiger partial charge in [0.05, 0.1) is 23.8 Å². The molecule has 3 aromatic rings. The number of aromatic nitrogens is 3. The largest absolute Gasteiger partial charge is 0.497 e. The molecule has 0 spiro atoms. The number of methoxy groups -OCH3 is 1. The predicted molar refractivity (Wildman–Crippen MR) is 83.1 cm³/mol. The second-order valence-electron chi connectivity index (χ2n) is 4.77. The standard InChI is InChI=1S/C16H18N4O/c1-3-20-15-5-4-13(21-2)9-14(15)19-16(20)11-6-7-18-12(8-11)10-17/h4-9H,3,10,17H2,1-2H3. The second-order valence-corrected chi connectivity index (χ2v) is 4.77. The van der Waals surface area contributed by atoms with Crippen LogP contribution in [0, 0.1) is 0 Å². The van der Waals surface area contributed by atoms with Gasteiger partial charge in [-0.25, -0.2) is 4.98 Å². The smallest absolute Gasteiger partial charge is 0.141 e. The molecule has 0 saturated carbocycles. The minimum Gasteiger partial charge on any atom is -0.497 e. The number of nitrogens with two attached hydrogens (primary N) is 1. The molecule has 108 valence electrons. The number of pyridine rings is 1. The Morgan fingerprint density at radius 3 is 2.81 bits per heavy atom. The molecule has 0 amide bonds. The van der Waals surface area contributed by atoms with Gasteiger partial charge in [-0.2, -0.15) is 0 Å². The Kier molecular flexibility index (Phi) is 3.58. The quantitative estimate of drug-likeness (QED) is 0.798. The predicted octanol–water partition coefficient (Wildman–Crippen LogP) is 2.59. The van der Waals surface area contributed by atoms with Crippen molar-refractivity contribution >= 4 is 11.0 Å². The normalized spacial score (nSPS) is 11.0. The van der Waals surface area contributed by atoms with Crippen LogP contribution in [0.15, 0.2) is 36.5 Å². The van der Waals surface area contributed by atoms with Gasteiger partial charge in [-0.1, -0.05) is 0 Å². The van der Waals surface area contributed by atoms with E-state index in [2.05, 4.69) is 16.5 Å². The maximum Gasteiger partial charge on any atom is 0.141 e. The SMILES string of the molecule is CCn1c(-c2ccnc(CN)c2)nc2cc(OC)ccc21. The number of rotatable bonds is 4. The molecular weight excluding hydrogens is 264 g/mol. The van der Waals surface area contributed by atoms with Crippen molar-refractivity contribution in [1.82, 2.24) is 14.5 Å². The lowest BCUT2D eigenvalue weighted by atomic mass is 10.2. The summed E-state index contributed by atoms with van der Waals surface area (Å²) >= 11 is 0. The van der Waals surface area contributed by atoms with Gasteiger partial charge in [-0.15, -0.1) is 0 Å². The van der Waals surface area contributed by atoms with Gasteiger partial charge >= 0.3 is 0 Å². The van der Waals surface area contributed by atoms with Crippen molar-refractivity contribution in [2.24, 2.45) is 5.73 Å². The Labute approximate surface area is 123 Å². The minimum atomic E-state index is 0.425. The van der Waals surface area contributed by atoms with Gasteiger partial charge in [0, 0.05) is 30.9 Å². The summed E-state index contributed by atoms with van der Waals surface area (Å²) in [6.07, 6.45) is 1.78. The molecule has 0 aliphatic carbocycles. The molecule has 0 aliphatic heterocycles. The van der Waals surface area contributed by atoms with Crippen molar-refractivity contribution in [2.75, 3.05) is 7.11 Å². The van der Waals surface area contributed by atoms with Crippen molar-refractivity contribution < 1.29 is 4.74 Å². The van der Waals surface area contributed by atoms with Gasteiger partial charge < -0.3 is 15.0 Å². The maximum absolute atomic E-state index is 5.67. The van der Waals surface area contributed by atoms with Crippen LogP contribution in [0.25, 0.3) is 22.4 Å². The number of hydrogen-bond acceptors (Lipinski definition) is 4. The van der Waals surface area contributed by atoms with Crippen LogP contribution in [0.2, 0.25) is 0 Å². The third kappa shape index (κ3) is 2.36. The molecule has 0 saturated heterocycles. The van der Waals surface area contributed by atoms with Gasteiger partial charge in [0.1, 0.15) is 11.6 Å². The Balaban J connectivity index is 2.21. The van der Waals surface area contributed by atoms with Crippen LogP contribution in [0.4, 0.5) is 0 Å². The molecule has 2 aromatic heterocycles. The lowest BCUT2D eigenvalue weighted by Crippen LogP contribution is -2.01. The third-order valence-electron chi connectivity index (χ3n) is 3.56. The monoisotopic (exact) mass is 282 g/mol. The number of fused-ring (bicyclic) bond motifs is 1. The molecule has 3 rings (SSSR count). The molecule has 2 N–H and O–H groups in total. The van der Waals surface area contributed by atoms with Gasteiger partial charge in [0.2, 0.25) is 0 Å². The van der Waals surface area contributed by atoms with Crippen molar-refractivity contribution in [2.45, 2.75) is 20.0 Å². The van der Waals surface area contributed by atoms with E-state index in [0.29, 0.717) is 6.54 Å². The number of nitrogens with zero attached hydrogens (tertiary/aromatic N) is 3. The van der Waals surface area contributed by atoms with E-state index in [1.807, 2.05) is 30.3 Å². The van der Waals surface area contributed by atoms with E-state index < -0.39 is 0 Å². The van der Waals surface area contributed by atoms with Crippen molar-refractivity contribution in [3.8, 4) is 17.1 Å². The van der Waals surface area contributed by atoms with Gasteiger partial charge in [-0.3, -0.25) is 4.98 Å². The number of aryl methyl sites for hydroxylation is 1. The summed E-state index contributed by atoms with van der Waals surface area (Å²) in [6.45, 7) is 3.38. The summed E-state index contributed by atoms with van der Waals surface area (Å²) in [4.78, 5) is 8.99. The van der Waals surface area contributed by atoms with Crippen molar-refractivity contribution in [3.05, 3.63) is 42.2 Å². The average molecular weight is 282 g/mol. The summed E-state index contributed by atoms with van der Waals surface area (Å²) in [5, 5.41) is 0. The Morgan fingerprint density at radius 2 is 2.10 bits per heavy atom. The lowest BCUT2D eigenvalue weighted by Gasteiger charge is -2.07. The topological polar surface area (TPSA) is 66.0 Å². The van der Waals surface area contributed by atoms with E-state index in [1.54, 1.807) is 13.3 Å². The van der Waals surface area contributed by atoms with Gasteiger partial charge in [0.25, 0.3) is 0 Å². The molecule has 0 radical (unpaired) electrons. The van der Waals surface area contributed by atoms with Gasteiger partial charge in [0.15, 0.2) is 0 Å². The van der Waals surface area contributed by atoms with E-state index in [-0.39, 0.29) is 0 Å². The first-order chi connectivity index (χ1) is 10.3. The van der Waals surface area contributed by atoms with E-state index >= 15 is 0 Å². The average Bonchev–Trinajstić information content (AvgIpc) is 2.92. The fourth-order valence-electron chi connectivity index (χ4n) is 2.51. The first-order valence-corrected chi connectivity index (χ1v) is 6.96. The maximum atomic E-state index is 5.67. The number of benzene rings is 1. The summed E-state index contributed by atoms with van der Waals surface area (Å²) in [5.41, 5.74) is 9.59. The van der Waals surface area contributed by atoms with E-state index in [9.17, 15) is 0 Å². The summed E-state index contributed by atoms with van der Waals surface area (Å²) in [6, 6.07) is 9.90. The Morgan fingerprint density at radius 1 is 1.24 bits per heavy atom. The molecule has 0 aliphatic rings. The van der Waals surface area contributed by atoms with Crippen molar-refractivity contribution in [3.63, 3.8) is 0 Å². The van der Waals surface area contributed by atoms with Crippen LogP contribution in [0.1, 0.15) is 12.6 Å². The third-order valence-corrected chi connectivity index (χ3v) is 3.56. The Bertz CT molecular complexity index is 779. The molecular formula is C16H18N4O. The van der Waals surface area contributed by atoms with Crippen LogP contribution < -0.4 is 10.5 Å². The minimum absolute atomic E-state index is 0.425. The number of imidazole rings is 1.